The molecule has 0 radical (unpaired) electrons. The second-order valence-corrected chi connectivity index (χ2v) is 6.32. The summed E-state index contributed by atoms with van der Waals surface area (Å²) in [5.41, 5.74) is -0.512. The molecule has 0 atom stereocenters. The van der Waals surface area contributed by atoms with Crippen molar-refractivity contribution in [3.8, 4) is 0 Å². The maximum absolute atomic E-state index is 13.5. The number of nitrogens with one attached hydrogen (secondary N) is 1. The van der Waals surface area contributed by atoms with Crippen LogP contribution in [0.1, 0.15) is 12.6 Å². The molecule has 0 saturated carbocycles. The summed E-state index contributed by atoms with van der Waals surface area (Å²) in [6.45, 7) is 2.28. The van der Waals surface area contributed by atoms with Crippen molar-refractivity contribution in [1.29, 1.82) is 0 Å². The van der Waals surface area contributed by atoms with E-state index in [2.05, 4.69) is 15.3 Å². The molecular formula is C18H20F3N5O3. The van der Waals surface area contributed by atoms with E-state index in [1.807, 2.05) is 0 Å². The number of carbonyl (C=O) groups is 2. The normalized spacial score (nSPS) is 14.8. The first kappa shape index (κ1) is 20.6. The van der Waals surface area contributed by atoms with Crippen molar-refractivity contribution in [3.63, 3.8) is 0 Å². The summed E-state index contributed by atoms with van der Waals surface area (Å²) < 4.78 is 45.3. The SMILES string of the molecule is CCOC(=O)CNC(=O)N1CCN(c2nc3ccccc3nc2C(F)(F)F)CC1. The van der Waals surface area contributed by atoms with Gasteiger partial charge in [-0.15, -0.1) is 0 Å². The average Bonchev–Trinajstić information content (AvgIpc) is 2.70. The van der Waals surface area contributed by atoms with Gasteiger partial charge in [-0.25, -0.2) is 14.8 Å². The highest BCUT2D eigenvalue weighted by molar-refractivity contribution is 5.81. The number of nitrogens with zero attached hydrogens (tertiary/aromatic N) is 4. The Morgan fingerprint density at radius 1 is 1.10 bits per heavy atom. The lowest BCUT2D eigenvalue weighted by molar-refractivity contribution is -0.142. The lowest BCUT2D eigenvalue weighted by atomic mass is 10.2. The van der Waals surface area contributed by atoms with Gasteiger partial charge in [-0.3, -0.25) is 4.79 Å². The summed E-state index contributed by atoms with van der Waals surface area (Å²) >= 11 is 0. The summed E-state index contributed by atoms with van der Waals surface area (Å²) in [7, 11) is 0. The fourth-order valence-electron chi connectivity index (χ4n) is 2.99. The van der Waals surface area contributed by atoms with Gasteiger partial charge in [0.15, 0.2) is 11.5 Å². The number of hydrogen-bond donors (Lipinski definition) is 1. The van der Waals surface area contributed by atoms with Gasteiger partial charge in [-0.05, 0) is 19.1 Å². The van der Waals surface area contributed by atoms with E-state index in [0.29, 0.717) is 5.52 Å². The van der Waals surface area contributed by atoms with Crippen LogP contribution in [-0.4, -0.2) is 66.2 Å². The molecule has 1 fully saturated rings. The molecule has 1 N–H and O–H groups in total. The van der Waals surface area contributed by atoms with Crippen LogP contribution in [0.2, 0.25) is 0 Å². The highest BCUT2D eigenvalue weighted by atomic mass is 19.4. The van der Waals surface area contributed by atoms with Gasteiger partial charge in [-0.1, -0.05) is 12.1 Å². The van der Waals surface area contributed by atoms with Crippen molar-refractivity contribution in [2.75, 3.05) is 44.2 Å². The van der Waals surface area contributed by atoms with Crippen LogP contribution < -0.4 is 10.2 Å². The third-order valence-corrected chi connectivity index (χ3v) is 4.38. The van der Waals surface area contributed by atoms with Crippen LogP contribution in [0.25, 0.3) is 11.0 Å². The number of urea groups is 1. The Morgan fingerprint density at radius 3 is 2.31 bits per heavy atom. The number of anilines is 1. The second-order valence-electron chi connectivity index (χ2n) is 6.32. The van der Waals surface area contributed by atoms with Gasteiger partial charge in [0.05, 0.1) is 17.6 Å². The Bertz CT molecular complexity index is 898. The molecule has 0 bridgehead atoms. The van der Waals surface area contributed by atoms with Gasteiger partial charge < -0.3 is 19.9 Å². The van der Waals surface area contributed by atoms with Gasteiger partial charge in [0.25, 0.3) is 0 Å². The zero-order valence-electron chi connectivity index (χ0n) is 15.7. The molecule has 0 unspecified atom stereocenters. The lowest BCUT2D eigenvalue weighted by Gasteiger charge is -2.36. The third-order valence-electron chi connectivity index (χ3n) is 4.38. The predicted molar refractivity (Wildman–Crippen MR) is 98.4 cm³/mol. The number of carbonyl (C=O) groups excluding carboxylic acids is 2. The third kappa shape index (κ3) is 4.84. The van der Waals surface area contributed by atoms with E-state index in [1.165, 1.54) is 15.9 Å². The molecule has 0 spiro atoms. The van der Waals surface area contributed by atoms with Gasteiger partial charge in [0.1, 0.15) is 6.54 Å². The molecule has 156 valence electrons. The zero-order chi connectivity index (χ0) is 21.0. The van der Waals surface area contributed by atoms with Crippen molar-refractivity contribution in [2.24, 2.45) is 0 Å². The van der Waals surface area contributed by atoms with Gasteiger partial charge in [-0.2, -0.15) is 13.2 Å². The van der Waals surface area contributed by atoms with E-state index in [9.17, 15) is 22.8 Å². The number of ether oxygens (including phenoxy) is 1. The Labute approximate surface area is 164 Å². The van der Waals surface area contributed by atoms with E-state index in [0.717, 1.165) is 0 Å². The van der Waals surface area contributed by atoms with E-state index < -0.39 is 23.9 Å². The van der Waals surface area contributed by atoms with Crippen molar-refractivity contribution in [2.45, 2.75) is 13.1 Å². The van der Waals surface area contributed by atoms with Crippen LogP contribution in [0, 0.1) is 0 Å². The molecule has 8 nitrogen and oxygen atoms in total. The van der Waals surface area contributed by atoms with Gasteiger partial charge in [0, 0.05) is 26.2 Å². The van der Waals surface area contributed by atoms with Crippen LogP contribution in [0.4, 0.5) is 23.8 Å². The minimum atomic E-state index is -4.65. The summed E-state index contributed by atoms with van der Waals surface area (Å²) in [5.74, 6) is -0.802. The van der Waals surface area contributed by atoms with E-state index in [-0.39, 0.29) is 50.7 Å². The number of piperazine rings is 1. The van der Waals surface area contributed by atoms with Crippen LogP contribution >= 0.6 is 0 Å². The molecular weight excluding hydrogens is 391 g/mol. The zero-order valence-corrected chi connectivity index (χ0v) is 15.7. The van der Waals surface area contributed by atoms with E-state index in [1.54, 1.807) is 25.1 Å². The summed E-state index contributed by atoms with van der Waals surface area (Å²) in [6.07, 6.45) is -4.65. The summed E-state index contributed by atoms with van der Waals surface area (Å²) in [6, 6.07) is 5.89. The van der Waals surface area contributed by atoms with E-state index in [4.69, 9.17) is 4.74 Å². The molecule has 1 aliphatic rings. The standard InChI is InChI=1S/C18H20F3N5O3/c1-2-29-14(27)11-22-17(28)26-9-7-25(8-10-26)16-15(18(19,20)21)23-12-5-3-4-6-13(12)24-16/h3-6H,2,7-11H2,1H3,(H,22,28). The fraction of sp³-hybridized carbons (Fsp3) is 0.444. The molecule has 29 heavy (non-hydrogen) atoms. The largest absolute Gasteiger partial charge is 0.465 e. The molecule has 1 aliphatic heterocycles. The van der Waals surface area contributed by atoms with Crippen molar-refractivity contribution in [1.82, 2.24) is 20.2 Å². The Kier molecular flexibility index (Phi) is 6.04. The predicted octanol–water partition coefficient (Wildman–Crippen LogP) is 2.04. The van der Waals surface area contributed by atoms with E-state index >= 15 is 0 Å². The topological polar surface area (TPSA) is 87.7 Å². The summed E-state index contributed by atoms with van der Waals surface area (Å²) in [5, 5.41) is 2.44. The number of amides is 2. The highest BCUT2D eigenvalue weighted by Crippen LogP contribution is 2.35. The van der Waals surface area contributed by atoms with Crippen LogP contribution in [-0.2, 0) is 15.7 Å². The van der Waals surface area contributed by atoms with Crippen LogP contribution in [0.5, 0.6) is 0 Å². The second kappa shape index (κ2) is 8.50. The number of hydrogen-bond acceptors (Lipinski definition) is 6. The molecule has 1 aromatic carbocycles. The first-order valence-electron chi connectivity index (χ1n) is 9.07. The first-order chi connectivity index (χ1) is 13.8. The fourth-order valence-corrected chi connectivity index (χ4v) is 2.99. The molecule has 11 heteroatoms. The number of halogens is 3. The highest BCUT2D eigenvalue weighted by Gasteiger charge is 2.39. The van der Waals surface area contributed by atoms with Gasteiger partial charge >= 0.3 is 18.2 Å². The number of aromatic nitrogens is 2. The molecule has 2 heterocycles. The first-order valence-corrected chi connectivity index (χ1v) is 9.07. The van der Waals surface area contributed by atoms with Crippen LogP contribution in [0.15, 0.2) is 24.3 Å². The Balaban J connectivity index is 1.71. The number of para-hydroxylation sites is 2. The average molecular weight is 411 g/mol. The minimum Gasteiger partial charge on any atom is -0.465 e. The monoisotopic (exact) mass is 411 g/mol. The molecule has 0 aliphatic carbocycles. The number of alkyl halides is 3. The Hall–Kier alpha value is -3.11. The molecule has 2 aromatic rings. The number of fused-ring (bicyclic) bond motifs is 1. The number of esters is 1. The molecule has 3 rings (SSSR count). The molecule has 2 amide bonds. The van der Waals surface area contributed by atoms with Crippen molar-refractivity contribution >= 4 is 28.9 Å². The van der Waals surface area contributed by atoms with Crippen LogP contribution in [0.3, 0.4) is 0 Å². The van der Waals surface area contributed by atoms with Crippen molar-refractivity contribution < 1.29 is 27.5 Å². The molecule has 1 saturated heterocycles. The van der Waals surface area contributed by atoms with Crippen molar-refractivity contribution in [3.05, 3.63) is 30.0 Å². The summed E-state index contributed by atoms with van der Waals surface area (Å²) in [4.78, 5) is 34.3. The number of benzene rings is 1. The van der Waals surface area contributed by atoms with Gasteiger partial charge in [0.2, 0.25) is 0 Å². The molecule has 1 aromatic heterocycles. The minimum absolute atomic E-state index is 0.156. The quantitative estimate of drug-likeness (QED) is 0.775. The smallest absolute Gasteiger partial charge is 0.437 e. The Morgan fingerprint density at radius 2 is 1.72 bits per heavy atom. The maximum Gasteiger partial charge on any atom is 0.437 e. The lowest BCUT2D eigenvalue weighted by Crippen LogP contribution is -2.53. The number of rotatable bonds is 4. The maximum atomic E-state index is 13.5.